The first-order valence-corrected chi connectivity index (χ1v) is 5.11. The van der Waals surface area contributed by atoms with Crippen molar-refractivity contribution in [2.75, 3.05) is 19.6 Å². The second kappa shape index (κ2) is 5.08. The molecule has 0 spiro atoms. The standard InChI is InChI=1S/C10H16N2S/c1-3-6-11-10(13)12-7-4-5-9(2)8-12/h1,9H,4-8H2,2H3,(H,11,13)/t9-/m0/s1. The number of terminal acetylenes is 1. The van der Waals surface area contributed by atoms with E-state index in [1.807, 2.05) is 0 Å². The summed E-state index contributed by atoms with van der Waals surface area (Å²) in [5, 5.41) is 3.85. The normalized spacial score (nSPS) is 22.2. The molecule has 1 rings (SSSR count). The Morgan fingerprint density at radius 3 is 3.15 bits per heavy atom. The summed E-state index contributed by atoms with van der Waals surface area (Å²) in [6, 6.07) is 0. The summed E-state index contributed by atoms with van der Waals surface area (Å²) in [7, 11) is 0. The predicted octanol–water partition coefficient (Wildman–Crippen LogP) is 1.23. The van der Waals surface area contributed by atoms with Gasteiger partial charge in [-0.15, -0.1) is 6.42 Å². The van der Waals surface area contributed by atoms with Gasteiger partial charge in [-0.25, -0.2) is 0 Å². The van der Waals surface area contributed by atoms with E-state index in [1.165, 1.54) is 12.8 Å². The lowest BCUT2D eigenvalue weighted by Crippen LogP contribution is -2.44. The summed E-state index contributed by atoms with van der Waals surface area (Å²) in [4.78, 5) is 2.21. The van der Waals surface area contributed by atoms with E-state index in [-0.39, 0.29) is 0 Å². The third-order valence-electron chi connectivity index (χ3n) is 2.29. The number of nitrogens with zero attached hydrogens (tertiary/aromatic N) is 1. The zero-order chi connectivity index (χ0) is 9.68. The van der Waals surface area contributed by atoms with Gasteiger partial charge >= 0.3 is 0 Å². The third-order valence-corrected chi connectivity index (χ3v) is 2.69. The maximum absolute atomic E-state index is 5.21. The maximum Gasteiger partial charge on any atom is 0.169 e. The molecule has 3 heteroatoms. The fourth-order valence-electron chi connectivity index (χ4n) is 1.61. The average molecular weight is 196 g/mol. The van der Waals surface area contributed by atoms with Crippen LogP contribution in [0, 0.1) is 18.3 Å². The maximum atomic E-state index is 5.21. The highest BCUT2D eigenvalue weighted by molar-refractivity contribution is 7.80. The molecule has 0 bridgehead atoms. The van der Waals surface area contributed by atoms with Crippen LogP contribution in [0.25, 0.3) is 0 Å². The van der Waals surface area contributed by atoms with E-state index in [0.717, 1.165) is 24.1 Å². The Labute approximate surface area is 85.7 Å². The van der Waals surface area contributed by atoms with Gasteiger partial charge < -0.3 is 10.2 Å². The first-order chi connectivity index (χ1) is 6.24. The van der Waals surface area contributed by atoms with Crippen molar-refractivity contribution in [1.82, 2.24) is 10.2 Å². The number of piperidine rings is 1. The summed E-state index contributed by atoms with van der Waals surface area (Å²) < 4.78 is 0. The minimum atomic E-state index is 0.531. The quantitative estimate of drug-likeness (QED) is 0.501. The van der Waals surface area contributed by atoms with Gasteiger partial charge in [0.25, 0.3) is 0 Å². The molecule has 1 heterocycles. The van der Waals surface area contributed by atoms with E-state index >= 15 is 0 Å². The smallest absolute Gasteiger partial charge is 0.169 e. The van der Waals surface area contributed by atoms with Crippen LogP contribution in [-0.4, -0.2) is 29.6 Å². The van der Waals surface area contributed by atoms with Crippen LogP contribution in [0.1, 0.15) is 19.8 Å². The Morgan fingerprint density at radius 1 is 1.77 bits per heavy atom. The van der Waals surface area contributed by atoms with E-state index < -0.39 is 0 Å². The molecule has 0 saturated carbocycles. The molecule has 0 amide bonds. The van der Waals surface area contributed by atoms with Crippen molar-refractivity contribution in [3.63, 3.8) is 0 Å². The Balaban J connectivity index is 2.33. The van der Waals surface area contributed by atoms with Gasteiger partial charge in [0, 0.05) is 13.1 Å². The fourth-order valence-corrected chi connectivity index (χ4v) is 1.85. The van der Waals surface area contributed by atoms with E-state index in [2.05, 4.69) is 23.1 Å². The van der Waals surface area contributed by atoms with Crippen molar-refractivity contribution in [3.8, 4) is 12.3 Å². The van der Waals surface area contributed by atoms with Crippen LogP contribution in [0.3, 0.4) is 0 Å². The van der Waals surface area contributed by atoms with Gasteiger partial charge in [0.2, 0.25) is 0 Å². The highest BCUT2D eigenvalue weighted by Gasteiger charge is 2.17. The van der Waals surface area contributed by atoms with Crippen LogP contribution in [0.5, 0.6) is 0 Å². The molecule has 1 N–H and O–H groups in total. The molecule has 1 aliphatic rings. The van der Waals surface area contributed by atoms with Crippen LogP contribution in [-0.2, 0) is 0 Å². The molecule has 1 aliphatic heterocycles. The first kappa shape index (κ1) is 10.3. The van der Waals surface area contributed by atoms with Crippen molar-refractivity contribution < 1.29 is 0 Å². The molecule has 0 radical (unpaired) electrons. The number of hydrogen-bond donors (Lipinski definition) is 1. The molecule has 2 nitrogen and oxygen atoms in total. The second-order valence-corrected chi connectivity index (χ2v) is 3.94. The van der Waals surface area contributed by atoms with E-state index in [4.69, 9.17) is 18.6 Å². The summed E-state index contributed by atoms with van der Waals surface area (Å²) in [6.45, 7) is 4.93. The molecular weight excluding hydrogens is 180 g/mol. The monoisotopic (exact) mass is 196 g/mol. The largest absolute Gasteiger partial charge is 0.352 e. The fraction of sp³-hybridized carbons (Fsp3) is 0.700. The zero-order valence-electron chi connectivity index (χ0n) is 8.05. The van der Waals surface area contributed by atoms with E-state index in [9.17, 15) is 0 Å². The minimum Gasteiger partial charge on any atom is -0.352 e. The number of likely N-dealkylation sites (tertiary alicyclic amines) is 1. The number of hydrogen-bond acceptors (Lipinski definition) is 1. The number of nitrogens with one attached hydrogen (secondary N) is 1. The molecule has 0 aromatic carbocycles. The molecule has 0 unspecified atom stereocenters. The van der Waals surface area contributed by atoms with Crippen LogP contribution in [0.2, 0.25) is 0 Å². The average Bonchev–Trinajstić information content (AvgIpc) is 2.14. The third kappa shape index (κ3) is 3.23. The molecule has 0 aromatic heterocycles. The molecule has 1 atom stereocenters. The Bertz CT molecular complexity index is 219. The molecule has 72 valence electrons. The lowest BCUT2D eigenvalue weighted by molar-refractivity contribution is 0.271. The van der Waals surface area contributed by atoms with Gasteiger partial charge in [0.15, 0.2) is 5.11 Å². The lowest BCUT2D eigenvalue weighted by atomic mass is 10.0. The van der Waals surface area contributed by atoms with Crippen LogP contribution >= 0.6 is 12.2 Å². The van der Waals surface area contributed by atoms with Gasteiger partial charge in [-0.3, -0.25) is 0 Å². The van der Waals surface area contributed by atoms with Gasteiger partial charge in [-0.05, 0) is 31.0 Å². The SMILES string of the molecule is C#CCNC(=S)N1CCC[C@H](C)C1. The first-order valence-electron chi connectivity index (χ1n) is 4.70. The summed E-state index contributed by atoms with van der Waals surface area (Å²) in [5.41, 5.74) is 0. The summed E-state index contributed by atoms with van der Waals surface area (Å²) in [6.07, 6.45) is 7.69. The molecule has 1 fully saturated rings. The molecule has 1 saturated heterocycles. The van der Waals surface area contributed by atoms with Crippen molar-refractivity contribution in [2.24, 2.45) is 5.92 Å². The highest BCUT2D eigenvalue weighted by Crippen LogP contribution is 2.15. The Morgan fingerprint density at radius 2 is 2.54 bits per heavy atom. The Kier molecular flexibility index (Phi) is 4.04. The van der Waals surface area contributed by atoms with Gasteiger partial charge in [0.05, 0.1) is 6.54 Å². The van der Waals surface area contributed by atoms with Gasteiger partial charge in [0.1, 0.15) is 0 Å². The predicted molar refractivity (Wildman–Crippen MR) is 59.4 cm³/mol. The van der Waals surface area contributed by atoms with Crippen LogP contribution < -0.4 is 5.32 Å². The zero-order valence-corrected chi connectivity index (χ0v) is 8.86. The molecular formula is C10H16N2S. The van der Waals surface area contributed by atoms with E-state index in [1.54, 1.807) is 0 Å². The minimum absolute atomic E-state index is 0.531. The van der Waals surface area contributed by atoms with Crippen LogP contribution in [0.15, 0.2) is 0 Å². The molecule has 0 aliphatic carbocycles. The molecule has 0 aromatic rings. The van der Waals surface area contributed by atoms with Crippen LogP contribution in [0.4, 0.5) is 0 Å². The van der Waals surface area contributed by atoms with Crippen molar-refractivity contribution >= 4 is 17.3 Å². The lowest BCUT2D eigenvalue weighted by Gasteiger charge is -2.32. The highest BCUT2D eigenvalue weighted by atomic mass is 32.1. The molecule has 13 heavy (non-hydrogen) atoms. The summed E-state index contributed by atoms with van der Waals surface area (Å²) in [5.74, 6) is 3.27. The summed E-state index contributed by atoms with van der Waals surface area (Å²) >= 11 is 5.21. The topological polar surface area (TPSA) is 15.3 Å². The van der Waals surface area contributed by atoms with E-state index in [0.29, 0.717) is 6.54 Å². The second-order valence-electron chi connectivity index (χ2n) is 3.56. The van der Waals surface area contributed by atoms with Gasteiger partial charge in [-0.1, -0.05) is 12.8 Å². The van der Waals surface area contributed by atoms with Crippen molar-refractivity contribution in [1.29, 1.82) is 0 Å². The Hall–Kier alpha value is -0.750. The number of rotatable bonds is 1. The van der Waals surface area contributed by atoms with Crippen molar-refractivity contribution in [2.45, 2.75) is 19.8 Å². The van der Waals surface area contributed by atoms with Crippen molar-refractivity contribution in [3.05, 3.63) is 0 Å². The number of thiocarbonyl (C=S) groups is 1. The van der Waals surface area contributed by atoms with Gasteiger partial charge in [-0.2, -0.15) is 0 Å².